The Morgan fingerprint density at radius 1 is 1.86 bits per heavy atom. The molecule has 0 spiro atoms. The minimum Gasteiger partial charge on any atom is -0.392 e. The van der Waals surface area contributed by atoms with Gasteiger partial charge in [-0.3, -0.25) is 4.79 Å². The van der Waals surface area contributed by atoms with Crippen molar-refractivity contribution in [2.75, 3.05) is 6.61 Å². The molecule has 0 rings (SSSR count). The Morgan fingerprint density at radius 2 is 2.29 bits per heavy atom. The highest BCUT2D eigenvalue weighted by molar-refractivity contribution is 6.30. The van der Waals surface area contributed by atoms with Gasteiger partial charge in [0.25, 0.3) is 6.29 Å². The molecule has 0 saturated heterocycles. The molecular formula is C3H4ClO3. The van der Waals surface area contributed by atoms with Gasteiger partial charge in [-0.15, -0.1) is 0 Å². The second-order valence-corrected chi connectivity index (χ2v) is 1.64. The first kappa shape index (κ1) is 6.88. The van der Waals surface area contributed by atoms with Crippen LogP contribution in [0, 0.1) is 0 Å². The van der Waals surface area contributed by atoms with E-state index >= 15 is 0 Å². The van der Waals surface area contributed by atoms with Crippen molar-refractivity contribution >= 4 is 17.9 Å². The van der Waals surface area contributed by atoms with Gasteiger partial charge in [0, 0.05) is 0 Å². The monoisotopic (exact) mass is 123 g/mol. The quantitative estimate of drug-likeness (QED) is 0.464. The fourth-order valence-electron chi connectivity index (χ4n) is 0.0323. The molecule has 0 heterocycles. The predicted molar refractivity (Wildman–Crippen MR) is 23.6 cm³/mol. The molecule has 0 fully saturated rings. The topological polar surface area (TPSA) is 57.5 Å². The Morgan fingerprint density at radius 3 is 2.29 bits per heavy atom. The van der Waals surface area contributed by atoms with Crippen molar-refractivity contribution in [2.45, 2.75) is 5.06 Å². The normalized spacial score (nSPS) is 18.1. The van der Waals surface area contributed by atoms with Gasteiger partial charge in [0.2, 0.25) is 5.06 Å². The molecule has 1 radical (unpaired) electrons. The van der Waals surface area contributed by atoms with Crippen molar-refractivity contribution in [3.05, 3.63) is 0 Å². The number of halogens is 1. The molecule has 0 aromatic heterocycles. The number of hydrogen-bond acceptors (Lipinski definition) is 3. The first-order chi connectivity index (χ1) is 3.12. The third-order valence-corrected chi connectivity index (χ3v) is 0.563. The van der Waals surface area contributed by atoms with Crippen LogP contribution in [0.5, 0.6) is 0 Å². The van der Waals surface area contributed by atoms with Crippen LogP contribution in [0.3, 0.4) is 0 Å². The molecule has 41 valence electrons. The molecule has 4 heteroatoms. The van der Waals surface area contributed by atoms with Gasteiger partial charge in [-0.25, -0.2) is 0 Å². The summed E-state index contributed by atoms with van der Waals surface area (Å²) in [5.74, 6) is 0. The molecule has 0 bridgehead atoms. The summed E-state index contributed by atoms with van der Waals surface area (Å²) in [4.78, 5) is 9.39. The van der Waals surface area contributed by atoms with E-state index in [2.05, 4.69) is 0 Å². The lowest BCUT2D eigenvalue weighted by Crippen LogP contribution is -2.26. The van der Waals surface area contributed by atoms with E-state index < -0.39 is 11.7 Å². The van der Waals surface area contributed by atoms with Crippen molar-refractivity contribution in [3.63, 3.8) is 0 Å². The van der Waals surface area contributed by atoms with Crippen LogP contribution in [0.1, 0.15) is 0 Å². The summed E-state index contributed by atoms with van der Waals surface area (Å²) in [6.07, 6.45) is 1.01. The summed E-state index contributed by atoms with van der Waals surface area (Å²) in [6, 6.07) is 0. The second kappa shape index (κ2) is 2.26. The van der Waals surface area contributed by atoms with E-state index in [-0.39, 0.29) is 0 Å². The van der Waals surface area contributed by atoms with Crippen LogP contribution in [0.25, 0.3) is 0 Å². The number of aliphatic hydroxyl groups excluding tert-OH is 1. The van der Waals surface area contributed by atoms with E-state index in [9.17, 15) is 4.79 Å². The summed E-state index contributed by atoms with van der Waals surface area (Å²) in [5, 5.41) is 14.0. The van der Waals surface area contributed by atoms with Crippen molar-refractivity contribution in [2.24, 2.45) is 0 Å². The highest BCUT2D eigenvalue weighted by Gasteiger charge is 2.21. The molecule has 0 aromatic rings. The van der Waals surface area contributed by atoms with Crippen LogP contribution in [0.4, 0.5) is 0 Å². The summed E-state index contributed by atoms with van der Waals surface area (Å²) in [7, 11) is 0. The minimum absolute atomic E-state index is 0.807. The van der Waals surface area contributed by atoms with E-state index in [1.165, 1.54) is 0 Å². The highest BCUT2D eigenvalue weighted by Crippen LogP contribution is 2.02. The molecule has 2 N–H and O–H groups in total. The smallest absolute Gasteiger partial charge is 0.252 e. The maximum absolute atomic E-state index is 9.39. The third kappa shape index (κ3) is 2.56. The van der Waals surface area contributed by atoms with Crippen LogP contribution in [0.15, 0.2) is 0 Å². The molecule has 7 heavy (non-hydrogen) atoms. The largest absolute Gasteiger partial charge is 0.392 e. The predicted octanol–water partition coefficient (Wildman–Crippen LogP) is -0.984. The second-order valence-electron chi connectivity index (χ2n) is 1.02. The van der Waals surface area contributed by atoms with Gasteiger partial charge in [-0.1, -0.05) is 11.6 Å². The lowest BCUT2D eigenvalue weighted by Gasteiger charge is -2.04. The molecule has 0 amide bonds. The zero-order valence-electron chi connectivity index (χ0n) is 3.39. The Bertz CT molecular complexity index is 70.6. The van der Waals surface area contributed by atoms with Crippen molar-refractivity contribution < 1.29 is 15.0 Å². The lowest BCUT2D eigenvalue weighted by molar-refractivity contribution is 0.109. The first-order valence-electron chi connectivity index (χ1n) is 1.54. The Kier molecular flexibility index (Phi) is 2.22. The number of aliphatic hydroxyl groups is 2. The van der Waals surface area contributed by atoms with Crippen molar-refractivity contribution in [3.8, 4) is 0 Å². The number of carbonyl (C=O) groups excluding carboxylic acids is 1. The third-order valence-electron chi connectivity index (χ3n) is 0.366. The Labute approximate surface area is 45.5 Å². The summed E-state index contributed by atoms with van der Waals surface area (Å²) < 4.78 is 0. The van der Waals surface area contributed by atoms with E-state index in [1.54, 1.807) is 0 Å². The minimum atomic E-state index is -2.19. The molecule has 0 aliphatic heterocycles. The zero-order chi connectivity index (χ0) is 5.91. The maximum Gasteiger partial charge on any atom is 0.252 e. The number of hydrogen-bond donors (Lipinski definition) is 2. The Balaban J connectivity index is 3.58. The average Bonchev–Trinajstić information content (AvgIpc) is 1.68. The summed E-state index contributed by atoms with van der Waals surface area (Å²) in [6.45, 7) is -0.807. The first-order valence-corrected chi connectivity index (χ1v) is 1.91. The van der Waals surface area contributed by atoms with Gasteiger partial charge in [-0.2, -0.15) is 0 Å². The number of alkyl halides is 1. The van der Waals surface area contributed by atoms with E-state index in [4.69, 9.17) is 21.8 Å². The van der Waals surface area contributed by atoms with Crippen LogP contribution >= 0.6 is 11.6 Å². The van der Waals surface area contributed by atoms with Crippen molar-refractivity contribution in [1.82, 2.24) is 0 Å². The molecular weight excluding hydrogens is 119 g/mol. The number of rotatable bonds is 2. The van der Waals surface area contributed by atoms with Crippen LogP contribution in [-0.2, 0) is 4.79 Å². The van der Waals surface area contributed by atoms with E-state index in [0.717, 1.165) is 6.29 Å². The van der Waals surface area contributed by atoms with Crippen molar-refractivity contribution in [1.29, 1.82) is 0 Å². The van der Waals surface area contributed by atoms with Gasteiger partial charge in [0.1, 0.15) is 0 Å². The molecule has 0 aromatic carbocycles. The van der Waals surface area contributed by atoms with Crippen LogP contribution < -0.4 is 0 Å². The fraction of sp³-hybridized carbons (Fsp3) is 0.667. The van der Waals surface area contributed by atoms with Gasteiger partial charge in [-0.05, 0) is 0 Å². The molecule has 1 unspecified atom stereocenters. The van der Waals surface area contributed by atoms with Gasteiger partial charge in [0.15, 0.2) is 0 Å². The standard InChI is InChI=1S/C3H4ClO3/c4-3(7,1-5)2-6/h5,7H,1H2. The zero-order valence-corrected chi connectivity index (χ0v) is 4.14. The molecule has 0 aliphatic rings. The van der Waals surface area contributed by atoms with E-state index in [0.29, 0.717) is 0 Å². The SMILES string of the molecule is O=[C]C(O)(Cl)CO. The molecule has 1 atom stereocenters. The van der Waals surface area contributed by atoms with E-state index in [1.807, 2.05) is 0 Å². The molecule has 0 aliphatic carbocycles. The van der Waals surface area contributed by atoms with Gasteiger partial charge in [0.05, 0.1) is 6.61 Å². The molecule has 3 nitrogen and oxygen atoms in total. The average molecular weight is 124 g/mol. The van der Waals surface area contributed by atoms with Crippen LogP contribution in [0.2, 0.25) is 0 Å². The molecule has 0 saturated carbocycles. The lowest BCUT2D eigenvalue weighted by atomic mass is 10.4. The highest BCUT2D eigenvalue weighted by atomic mass is 35.5. The summed E-state index contributed by atoms with van der Waals surface area (Å²) in [5.41, 5.74) is 0. The maximum atomic E-state index is 9.39. The van der Waals surface area contributed by atoms with Gasteiger partial charge >= 0.3 is 0 Å². The summed E-state index contributed by atoms with van der Waals surface area (Å²) >= 11 is 4.79. The van der Waals surface area contributed by atoms with Crippen LogP contribution in [-0.4, -0.2) is 28.2 Å². The Hall–Kier alpha value is -0.120. The fourth-order valence-corrected chi connectivity index (χ4v) is 0.0323. The van der Waals surface area contributed by atoms with Gasteiger partial charge < -0.3 is 10.2 Å².